The molecule has 0 bridgehead atoms. The molecule has 19 heavy (non-hydrogen) atoms. The van der Waals surface area contributed by atoms with E-state index in [1.807, 2.05) is 13.0 Å². The van der Waals surface area contributed by atoms with Crippen molar-refractivity contribution in [3.8, 4) is 0 Å². The van der Waals surface area contributed by atoms with Crippen molar-refractivity contribution in [3.05, 3.63) is 58.4 Å². The van der Waals surface area contributed by atoms with E-state index >= 15 is 0 Å². The highest BCUT2D eigenvalue weighted by Gasteiger charge is 2.11. The van der Waals surface area contributed by atoms with Gasteiger partial charge in [-0.15, -0.1) is 0 Å². The molecule has 2 nitrogen and oxygen atoms in total. The maximum Gasteiger partial charge on any atom is 0.123 e. The van der Waals surface area contributed by atoms with Crippen molar-refractivity contribution in [2.24, 2.45) is 0 Å². The monoisotopic (exact) mass is 297 g/mol. The fourth-order valence-corrected chi connectivity index (χ4v) is 3.23. The van der Waals surface area contributed by atoms with E-state index in [1.54, 1.807) is 12.1 Å². The van der Waals surface area contributed by atoms with Gasteiger partial charge in [0.15, 0.2) is 0 Å². The van der Waals surface area contributed by atoms with Crippen LogP contribution in [-0.4, -0.2) is 4.21 Å². The van der Waals surface area contributed by atoms with Crippen molar-refractivity contribution >= 4 is 28.1 Å². The molecule has 1 unspecified atom stereocenters. The SMILES string of the molecule is Cc1ccc(S(=O)Cc2cc(F)ccc2Cl)c(N)c1. The topological polar surface area (TPSA) is 43.1 Å². The van der Waals surface area contributed by atoms with E-state index in [2.05, 4.69) is 0 Å². The summed E-state index contributed by atoms with van der Waals surface area (Å²) in [6.45, 7) is 1.91. The molecule has 0 aliphatic heterocycles. The fraction of sp³-hybridized carbons (Fsp3) is 0.143. The summed E-state index contributed by atoms with van der Waals surface area (Å²) in [5, 5.41) is 0.403. The Morgan fingerprint density at radius 2 is 2.00 bits per heavy atom. The standard InChI is InChI=1S/C14H13ClFNOS/c1-9-2-5-14(13(17)6-9)19(18)8-10-7-11(16)3-4-12(10)15/h2-7H,8,17H2,1H3. The highest BCUT2D eigenvalue weighted by Crippen LogP contribution is 2.24. The number of hydrogen-bond acceptors (Lipinski definition) is 2. The van der Waals surface area contributed by atoms with Crippen molar-refractivity contribution in [1.29, 1.82) is 0 Å². The quantitative estimate of drug-likeness (QED) is 0.878. The highest BCUT2D eigenvalue weighted by atomic mass is 35.5. The number of nitrogen functional groups attached to an aromatic ring is 1. The van der Waals surface area contributed by atoms with Gasteiger partial charge in [0.25, 0.3) is 0 Å². The first-order chi connectivity index (χ1) is 8.97. The fourth-order valence-electron chi connectivity index (χ4n) is 1.75. The third kappa shape index (κ3) is 3.33. The van der Waals surface area contributed by atoms with Crippen LogP contribution in [0.3, 0.4) is 0 Å². The van der Waals surface area contributed by atoms with Crippen molar-refractivity contribution < 1.29 is 8.60 Å². The van der Waals surface area contributed by atoms with Gasteiger partial charge in [0.2, 0.25) is 0 Å². The van der Waals surface area contributed by atoms with E-state index < -0.39 is 16.6 Å². The maximum absolute atomic E-state index is 13.1. The van der Waals surface area contributed by atoms with Gasteiger partial charge in [-0.2, -0.15) is 0 Å². The number of rotatable bonds is 3. The second-order valence-corrected chi connectivity index (χ2v) is 6.09. The van der Waals surface area contributed by atoms with Gasteiger partial charge in [0, 0.05) is 10.7 Å². The van der Waals surface area contributed by atoms with Crippen LogP contribution < -0.4 is 5.73 Å². The Hall–Kier alpha value is -1.39. The van der Waals surface area contributed by atoms with Gasteiger partial charge in [0.05, 0.1) is 21.4 Å². The summed E-state index contributed by atoms with van der Waals surface area (Å²) in [5.74, 6) is -0.252. The first-order valence-corrected chi connectivity index (χ1v) is 7.35. The van der Waals surface area contributed by atoms with Crippen LogP contribution in [0.25, 0.3) is 0 Å². The van der Waals surface area contributed by atoms with Gasteiger partial charge >= 0.3 is 0 Å². The van der Waals surface area contributed by atoms with E-state index in [1.165, 1.54) is 18.2 Å². The summed E-state index contributed by atoms with van der Waals surface area (Å²) >= 11 is 5.96. The van der Waals surface area contributed by atoms with Gasteiger partial charge in [0.1, 0.15) is 5.82 Å². The summed E-state index contributed by atoms with van der Waals surface area (Å²) in [4.78, 5) is 0.547. The van der Waals surface area contributed by atoms with Gasteiger partial charge in [-0.05, 0) is 48.4 Å². The Labute approximate surface area is 118 Å². The van der Waals surface area contributed by atoms with E-state index in [-0.39, 0.29) is 5.75 Å². The third-order valence-corrected chi connectivity index (χ3v) is 4.51. The summed E-state index contributed by atoms with van der Waals surface area (Å²) in [7, 11) is -1.35. The minimum Gasteiger partial charge on any atom is -0.398 e. The molecule has 1 atom stereocenters. The average Bonchev–Trinajstić information content (AvgIpc) is 2.33. The van der Waals surface area contributed by atoms with Gasteiger partial charge < -0.3 is 5.73 Å². The molecular weight excluding hydrogens is 285 g/mol. The number of benzene rings is 2. The molecule has 0 spiro atoms. The Kier molecular flexibility index (Phi) is 4.22. The summed E-state index contributed by atoms with van der Waals surface area (Å²) in [6.07, 6.45) is 0. The first kappa shape index (κ1) is 14.0. The van der Waals surface area contributed by atoms with Crippen molar-refractivity contribution in [2.45, 2.75) is 17.6 Å². The zero-order valence-corrected chi connectivity index (χ0v) is 11.9. The molecule has 0 aromatic heterocycles. The molecule has 0 aliphatic carbocycles. The van der Waals surface area contributed by atoms with Crippen LogP contribution in [-0.2, 0) is 16.6 Å². The lowest BCUT2D eigenvalue weighted by atomic mass is 10.2. The highest BCUT2D eigenvalue weighted by molar-refractivity contribution is 7.84. The molecule has 0 radical (unpaired) electrons. The molecule has 0 aliphatic rings. The minimum atomic E-state index is -1.35. The molecule has 0 heterocycles. The molecule has 2 N–H and O–H groups in total. The van der Waals surface area contributed by atoms with Crippen LogP contribution in [0.5, 0.6) is 0 Å². The maximum atomic E-state index is 13.1. The normalized spacial score (nSPS) is 12.4. The first-order valence-electron chi connectivity index (χ1n) is 5.66. The average molecular weight is 298 g/mol. The second-order valence-electron chi connectivity index (χ2n) is 4.27. The van der Waals surface area contributed by atoms with E-state index in [0.29, 0.717) is 21.2 Å². The van der Waals surface area contributed by atoms with Crippen LogP contribution in [0.1, 0.15) is 11.1 Å². The molecule has 2 aromatic rings. The van der Waals surface area contributed by atoms with Crippen LogP contribution in [0.2, 0.25) is 5.02 Å². The molecule has 0 amide bonds. The van der Waals surface area contributed by atoms with Gasteiger partial charge in [-0.25, -0.2) is 4.39 Å². The minimum absolute atomic E-state index is 0.143. The van der Waals surface area contributed by atoms with Gasteiger partial charge in [-0.1, -0.05) is 17.7 Å². The zero-order chi connectivity index (χ0) is 14.0. The van der Waals surface area contributed by atoms with Crippen LogP contribution in [0, 0.1) is 12.7 Å². The lowest BCUT2D eigenvalue weighted by molar-refractivity contribution is 0.626. The molecular formula is C14H13ClFNOS. The zero-order valence-electron chi connectivity index (χ0n) is 10.3. The van der Waals surface area contributed by atoms with Crippen molar-refractivity contribution in [3.63, 3.8) is 0 Å². The number of aryl methyl sites for hydroxylation is 1. The van der Waals surface area contributed by atoms with Crippen LogP contribution in [0.15, 0.2) is 41.3 Å². The predicted molar refractivity (Wildman–Crippen MR) is 77.1 cm³/mol. The lowest BCUT2D eigenvalue weighted by Gasteiger charge is -2.08. The Bertz CT molecular complexity index is 645. The molecule has 2 rings (SSSR count). The van der Waals surface area contributed by atoms with Crippen molar-refractivity contribution in [1.82, 2.24) is 0 Å². The van der Waals surface area contributed by atoms with E-state index in [0.717, 1.165) is 5.56 Å². The lowest BCUT2D eigenvalue weighted by Crippen LogP contribution is -2.02. The number of anilines is 1. The number of hydrogen-bond donors (Lipinski definition) is 1. The summed E-state index contributed by atoms with van der Waals surface area (Å²) < 4.78 is 25.4. The van der Waals surface area contributed by atoms with Crippen LogP contribution in [0.4, 0.5) is 10.1 Å². The second kappa shape index (κ2) is 5.72. The smallest absolute Gasteiger partial charge is 0.123 e. The molecule has 0 saturated heterocycles. The van der Waals surface area contributed by atoms with E-state index in [4.69, 9.17) is 17.3 Å². The molecule has 0 saturated carbocycles. The molecule has 5 heteroatoms. The van der Waals surface area contributed by atoms with E-state index in [9.17, 15) is 8.60 Å². The largest absolute Gasteiger partial charge is 0.398 e. The Morgan fingerprint density at radius 1 is 1.26 bits per heavy atom. The van der Waals surface area contributed by atoms with Crippen LogP contribution >= 0.6 is 11.6 Å². The summed E-state index contributed by atoms with van der Waals surface area (Å²) in [5.41, 5.74) is 7.84. The number of nitrogens with two attached hydrogens (primary N) is 1. The van der Waals surface area contributed by atoms with Crippen molar-refractivity contribution in [2.75, 3.05) is 5.73 Å². The molecule has 100 valence electrons. The molecule has 0 fully saturated rings. The Balaban J connectivity index is 2.28. The predicted octanol–water partition coefficient (Wildman–Crippen LogP) is 3.68. The number of halogens is 2. The van der Waals surface area contributed by atoms with Gasteiger partial charge in [-0.3, -0.25) is 4.21 Å². The molecule has 2 aromatic carbocycles. The Morgan fingerprint density at radius 3 is 2.68 bits per heavy atom. The third-order valence-electron chi connectivity index (χ3n) is 2.70. The summed E-state index contributed by atoms with van der Waals surface area (Å²) in [6, 6.07) is 9.37.